The van der Waals surface area contributed by atoms with E-state index < -0.39 is 41.1 Å². The Bertz CT molecular complexity index is 872. The van der Waals surface area contributed by atoms with Crippen molar-refractivity contribution in [3.63, 3.8) is 0 Å². The number of piperidine rings is 1. The minimum absolute atomic E-state index is 0.0744. The molecular formula is C22H29Cl2NO6. The molecule has 0 bridgehead atoms. The van der Waals surface area contributed by atoms with Crippen molar-refractivity contribution in [3.8, 4) is 5.75 Å². The number of halogens is 2. The maximum Gasteiger partial charge on any atom is 0.417 e. The lowest BCUT2D eigenvalue weighted by atomic mass is 9.84. The number of rotatable bonds is 3. The number of carbonyl (C=O) groups is 3. The average Bonchev–Trinajstić information content (AvgIpc) is 2.60. The van der Waals surface area contributed by atoms with Gasteiger partial charge in [0.2, 0.25) is 5.91 Å². The molecule has 2 amide bonds. The summed E-state index contributed by atoms with van der Waals surface area (Å²) in [5.41, 5.74) is -1.13. The molecule has 1 aromatic carbocycles. The number of imide groups is 1. The van der Waals surface area contributed by atoms with Crippen LogP contribution in [0.25, 0.3) is 0 Å². The van der Waals surface area contributed by atoms with E-state index >= 15 is 0 Å². The number of esters is 1. The maximum absolute atomic E-state index is 13.1. The summed E-state index contributed by atoms with van der Waals surface area (Å²) in [5, 5.41) is 0.542. The fourth-order valence-corrected chi connectivity index (χ4v) is 3.85. The van der Waals surface area contributed by atoms with Gasteiger partial charge >= 0.3 is 12.1 Å². The van der Waals surface area contributed by atoms with Crippen molar-refractivity contribution in [1.29, 1.82) is 0 Å². The van der Waals surface area contributed by atoms with Gasteiger partial charge in [-0.05, 0) is 60.1 Å². The van der Waals surface area contributed by atoms with Gasteiger partial charge in [-0.2, -0.15) is 0 Å². The monoisotopic (exact) mass is 473 g/mol. The molecule has 1 unspecified atom stereocenters. The third kappa shape index (κ3) is 6.26. The van der Waals surface area contributed by atoms with Crippen LogP contribution in [-0.4, -0.2) is 47.2 Å². The van der Waals surface area contributed by atoms with E-state index in [9.17, 15) is 14.4 Å². The van der Waals surface area contributed by atoms with Crippen molar-refractivity contribution in [1.82, 2.24) is 4.90 Å². The number of hydrogen-bond donors (Lipinski definition) is 0. The lowest BCUT2D eigenvalue weighted by molar-refractivity contribution is -0.166. The van der Waals surface area contributed by atoms with Gasteiger partial charge in [0.15, 0.2) is 0 Å². The Kier molecular flexibility index (Phi) is 7.54. The minimum Gasteiger partial charge on any atom is -0.496 e. The van der Waals surface area contributed by atoms with Crippen LogP contribution in [-0.2, 0) is 19.1 Å². The Morgan fingerprint density at radius 2 is 1.61 bits per heavy atom. The van der Waals surface area contributed by atoms with E-state index in [1.807, 2.05) is 0 Å². The van der Waals surface area contributed by atoms with Gasteiger partial charge in [-0.3, -0.25) is 4.79 Å². The molecule has 1 aromatic rings. The molecule has 2 atom stereocenters. The fraction of sp³-hybridized carbons (Fsp3) is 0.591. The van der Waals surface area contributed by atoms with Crippen LogP contribution in [0, 0.1) is 0 Å². The van der Waals surface area contributed by atoms with Gasteiger partial charge < -0.3 is 14.2 Å². The SMILES string of the molecule is COc1ccc(Cl)c(Cl)c1C1CC(=O)N(C(=O)OC(C)(C)C)[C@H](C(=O)OC(C)(C)C)C1. The van der Waals surface area contributed by atoms with E-state index in [-0.39, 0.29) is 17.9 Å². The van der Waals surface area contributed by atoms with Crippen LogP contribution in [0.2, 0.25) is 10.0 Å². The summed E-state index contributed by atoms with van der Waals surface area (Å²) in [4.78, 5) is 39.7. The molecule has 1 fully saturated rings. The summed E-state index contributed by atoms with van der Waals surface area (Å²) in [7, 11) is 1.48. The molecule has 0 saturated carbocycles. The molecule has 7 nitrogen and oxygen atoms in total. The zero-order chi connectivity index (χ0) is 23.7. The third-order valence-electron chi connectivity index (χ3n) is 4.50. The molecule has 0 radical (unpaired) electrons. The van der Waals surface area contributed by atoms with Crippen LogP contribution in [0.1, 0.15) is 65.9 Å². The van der Waals surface area contributed by atoms with E-state index in [2.05, 4.69) is 0 Å². The molecule has 172 valence electrons. The first kappa shape index (κ1) is 25.3. The summed E-state index contributed by atoms with van der Waals surface area (Å²) >= 11 is 12.6. The van der Waals surface area contributed by atoms with Crippen molar-refractivity contribution < 1.29 is 28.6 Å². The van der Waals surface area contributed by atoms with Gasteiger partial charge in [-0.1, -0.05) is 23.2 Å². The van der Waals surface area contributed by atoms with E-state index in [0.29, 0.717) is 16.3 Å². The number of benzene rings is 1. The van der Waals surface area contributed by atoms with Gasteiger partial charge in [-0.25, -0.2) is 14.5 Å². The molecular weight excluding hydrogens is 445 g/mol. The zero-order valence-corrected chi connectivity index (χ0v) is 20.4. The number of methoxy groups -OCH3 is 1. The van der Waals surface area contributed by atoms with Crippen molar-refractivity contribution in [2.24, 2.45) is 0 Å². The number of carbonyl (C=O) groups excluding carboxylic acids is 3. The Balaban J connectivity index is 2.49. The standard InChI is InChI=1S/C22H29Cl2NO6/c1-21(2,3)30-19(27)14-10-12(17-15(29-7)9-8-13(23)18(17)24)11-16(26)25(14)20(28)31-22(4,5)6/h8-9,12,14H,10-11H2,1-7H3/t12?,14-/m0/s1. The quantitative estimate of drug-likeness (QED) is 0.549. The van der Waals surface area contributed by atoms with E-state index in [1.54, 1.807) is 53.7 Å². The van der Waals surface area contributed by atoms with Gasteiger partial charge in [0.05, 0.1) is 17.2 Å². The molecule has 1 heterocycles. The second-order valence-corrected chi connectivity index (χ2v) is 10.2. The molecule has 9 heteroatoms. The van der Waals surface area contributed by atoms with E-state index in [4.69, 9.17) is 37.4 Å². The smallest absolute Gasteiger partial charge is 0.417 e. The number of amides is 2. The number of ether oxygens (including phenoxy) is 3. The second-order valence-electron chi connectivity index (χ2n) is 9.41. The fourth-order valence-electron chi connectivity index (χ4n) is 3.38. The Morgan fingerprint density at radius 1 is 1.03 bits per heavy atom. The maximum atomic E-state index is 13.1. The molecule has 0 aliphatic carbocycles. The van der Waals surface area contributed by atoms with Crippen molar-refractivity contribution in [2.75, 3.05) is 7.11 Å². The number of likely N-dealkylation sites (tertiary alicyclic amines) is 1. The Hall–Kier alpha value is -1.99. The molecule has 0 N–H and O–H groups in total. The molecule has 1 aliphatic rings. The lowest BCUT2D eigenvalue weighted by Gasteiger charge is -2.38. The van der Waals surface area contributed by atoms with Crippen molar-refractivity contribution in [2.45, 2.75) is 77.5 Å². The van der Waals surface area contributed by atoms with Crippen LogP contribution in [0.15, 0.2) is 12.1 Å². The molecule has 1 saturated heterocycles. The van der Waals surface area contributed by atoms with Crippen LogP contribution in [0.4, 0.5) is 4.79 Å². The summed E-state index contributed by atoms with van der Waals surface area (Å²) in [5.74, 6) is -1.33. The molecule has 0 spiro atoms. The zero-order valence-electron chi connectivity index (χ0n) is 18.9. The normalized spacial score (nSPS) is 19.8. The van der Waals surface area contributed by atoms with Crippen molar-refractivity contribution >= 4 is 41.2 Å². The lowest BCUT2D eigenvalue weighted by Crippen LogP contribution is -2.55. The first-order valence-corrected chi connectivity index (χ1v) is 10.7. The first-order chi connectivity index (χ1) is 14.1. The first-order valence-electron chi connectivity index (χ1n) is 9.94. The predicted molar refractivity (Wildman–Crippen MR) is 118 cm³/mol. The second kappa shape index (κ2) is 9.25. The largest absolute Gasteiger partial charge is 0.496 e. The topological polar surface area (TPSA) is 82.1 Å². The highest BCUT2D eigenvalue weighted by Gasteiger charge is 2.46. The Labute approximate surface area is 192 Å². The van der Waals surface area contributed by atoms with Gasteiger partial charge in [0.25, 0.3) is 0 Å². The van der Waals surface area contributed by atoms with Crippen LogP contribution < -0.4 is 4.74 Å². The van der Waals surface area contributed by atoms with Gasteiger partial charge in [-0.15, -0.1) is 0 Å². The minimum atomic E-state index is -1.18. The van der Waals surface area contributed by atoms with E-state index in [1.165, 1.54) is 7.11 Å². The highest BCUT2D eigenvalue weighted by molar-refractivity contribution is 6.42. The average molecular weight is 474 g/mol. The van der Waals surface area contributed by atoms with Crippen LogP contribution in [0.5, 0.6) is 5.75 Å². The number of hydrogen-bond acceptors (Lipinski definition) is 6. The van der Waals surface area contributed by atoms with E-state index in [0.717, 1.165) is 4.90 Å². The summed E-state index contributed by atoms with van der Waals surface area (Å²) in [6.45, 7) is 10.2. The Morgan fingerprint density at radius 3 is 2.13 bits per heavy atom. The number of nitrogens with zero attached hydrogens (tertiary/aromatic N) is 1. The van der Waals surface area contributed by atoms with Crippen LogP contribution >= 0.6 is 23.2 Å². The summed E-state index contributed by atoms with van der Waals surface area (Å²) in [6.07, 6.45) is -0.873. The highest BCUT2D eigenvalue weighted by atomic mass is 35.5. The summed E-state index contributed by atoms with van der Waals surface area (Å²) in [6, 6.07) is 2.06. The van der Waals surface area contributed by atoms with Gasteiger partial charge in [0.1, 0.15) is 23.0 Å². The third-order valence-corrected chi connectivity index (χ3v) is 5.32. The summed E-state index contributed by atoms with van der Waals surface area (Å²) < 4.78 is 16.3. The molecule has 1 aliphatic heterocycles. The molecule has 31 heavy (non-hydrogen) atoms. The molecule has 0 aromatic heterocycles. The molecule has 2 rings (SSSR count). The van der Waals surface area contributed by atoms with Crippen LogP contribution in [0.3, 0.4) is 0 Å². The predicted octanol–water partition coefficient (Wildman–Crippen LogP) is 5.35. The van der Waals surface area contributed by atoms with Crippen molar-refractivity contribution in [3.05, 3.63) is 27.7 Å². The van der Waals surface area contributed by atoms with Gasteiger partial charge in [0, 0.05) is 17.9 Å². The highest BCUT2D eigenvalue weighted by Crippen LogP contribution is 2.44.